The minimum Gasteiger partial charge on any atom is -0.465 e. The minimum atomic E-state index is 0.876. The van der Waals surface area contributed by atoms with Crippen molar-refractivity contribution in [3.8, 4) is 0 Å². The van der Waals surface area contributed by atoms with Crippen molar-refractivity contribution in [1.29, 1.82) is 0 Å². The first kappa shape index (κ1) is 7.87. The van der Waals surface area contributed by atoms with Crippen LogP contribution in [0, 0.1) is 0 Å². The van der Waals surface area contributed by atoms with Gasteiger partial charge in [0.25, 0.3) is 0 Å². The summed E-state index contributed by atoms with van der Waals surface area (Å²) in [5.74, 6) is 0.876. The van der Waals surface area contributed by atoms with Gasteiger partial charge in [0, 0.05) is 0 Å². The summed E-state index contributed by atoms with van der Waals surface area (Å²) in [4.78, 5) is 0. The lowest BCUT2D eigenvalue weighted by Gasteiger charge is -1.87. The fourth-order valence-corrected chi connectivity index (χ4v) is 1.24. The first-order valence-electron chi connectivity index (χ1n) is 4.16. The Morgan fingerprint density at radius 1 is 1.31 bits per heavy atom. The molecule has 1 nitrogen and oxygen atoms in total. The van der Waals surface area contributed by atoms with Crippen LogP contribution >= 0.6 is 0 Å². The van der Waals surface area contributed by atoms with E-state index in [-0.39, 0.29) is 0 Å². The van der Waals surface area contributed by atoms with Gasteiger partial charge in [0.2, 0.25) is 0 Å². The molecule has 0 saturated carbocycles. The second-order valence-electron chi connectivity index (χ2n) is 2.84. The summed E-state index contributed by atoms with van der Waals surface area (Å²) in [6, 6.07) is 3.81. The molecule has 0 N–H and O–H groups in total. The molecule has 1 aliphatic carbocycles. The van der Waals surface area contributed by atoms with Gasteiger partial charge in [0.1, 0.15) is 5.76 Å². The van der Waals surface area contributed by atoms with E-state index < -0.39 is 0 Å². The van der Waals surface area contributed by atoms with Gasteiger partial charge in [-0.1, -0.05) is 24.8 Å². The summed E-state index contributed by atoms with van der Waals surface area (Å²) < 4.78 is 5.20. The van der Waals surface area contributed by atoms with E-state index in [1.165, 1.54) is 0 Å². The van der Waals surface area contributed by atoms with Gasteiger partial charge in [0.05, 0.1) is 6.26 Å². The Morgan fingerprint density at radius 2 is 2.23 bits per heavy atom. The van der Waals surface area contributed by atoms with Crippen LogP contribution in [0.4, 0.5) is 0 Å². The molecule has 0 aliphatic heterocycles. The average Bonchev–Trinajstić information content (AvgIpc) is 2.76. The predicted octanol–water partition coefficient (Wildman–Crippen LogP) is 3.35. The zero-order valence-electron chi connectivity index (χ0n) is 7.23. The van der Waals surface area contributed by atoms with Crippen molar-refractivity contribution in [2.75, 3.05) is 0 Å². The van der Waals surface area contributed by atoms with Gasteiger partial charge in [-0.3, -0.25) is 0 Å². The van der Waals surface area contributed by atoms with Crippen LogP contribution in [0.5, 0.6) is 0 Å². The Hall–Kier alpha value is -1.76. The SMILES string of the molecule is C=CC1=CC(=Cc2ccco2)C=C1. The highest BCUT2D eigenvalue weighted by Gasteiger charge is 1.99. The van der Waals surface area contributed by atoms with E-state index in [1.807, 2.05) is 36.4 Å². The predicted molar refractivity (Wildman–Crippen MR) is 54.1 cm³/mol. The number of hydrogen-bond donors (Lipinski definition) is 0. The third-order valence-electron chi connectivity index (χ3n) is 1.89. The van der Waals surface area contributed by atoms with Gasteiger partial charge >= 0.3 is 0 Å². The first-order valence-corrected chi connectivity index (χ1v) is 4.16. The molecule has 1 aliphatic rings. The van der Waals surface area contributed by atoms with E-state index in [9.17, 15) is 0 Å². The van der Waals surface area contributed by atoms with Gasteiger partial charge < -0.3 is 4.42 Å². The molecule has 2 rings (SSSR count). The van der Waals surface area contributed by atoms with Crippen LogP contribution in [0.2, 0.25) is 0 Å². The summed E-state index contributed by atoms with van der Waals surface area (Å²) in [5.41, 5.74) is 2.28. The van der Waals surface area contributed by atoms with Gasteiger partial charge in [-0.05, 0) is 35.4 Å². The molecule has 0 bridgehead atoms. The minimum absolute atomic E-state index is 0.876. The standard InChI is InChI=1S/C12H10O/c1-2-10-5-6-11(8-10)9-12-4-3-7-13-12/h2-9H,1H2. The highest BCUT2D eigenvalue weighted by Crippen LogP contribution is 2.18. The van der Waals surface area contributed by atoms with Gasteiger partial charge in [-0.25, -0.2) is 0 Å². The van der Waals surface area contributed by atoms with Crippen molar-refractivity contribution in [3.63, 3.8) is 0 Å². The molecule has 0 radical (unpaired) electrons. The number of allylic oxidation sites excluding steroid dienone is 6. The molecular formula is C12H10O. The van der Waals surface area contributed by atoms with E-state index in [0.29, 0.717) is 0 Å². The smallest absolute Gasteiger partial charge is 0.127 e. The van der Waals surface area contributed by atoms with Crippen molar-refractivity contribution in [1.82, 2.24) is 0 Å². The third-order valence-corrected chi connectivity index (χ3v) is 1.89. The van der Waals surface area contributed by atoms with Gasteiger partial charge in [-0.15, -0.1) is 0 Å². The maximum absolute atomic E-state index is 5.20. The highest BCUT2D eigenvalue weighted by molar-refractivity contribution is 5.62. The van der Waals surface area contributed by atoms with Gasteiger partial charge in [-0.2, -0.15) is 0 Å². The van der Waals surface area contributed by atoms with Crippen LogP contribution in [-0.4, -0.2) is 0 Å². The molecule has 0 atom stereocenters. The zero-order valence-corrected chi connectivity index (χ0v) is 7.23. The summed E-state index contributed by atoms with van der Waals surface area (Å²) >= 11 is 0. The molecule has 1 aromatic heterocycles. The van der Waals surface area contributed by atoms with Crippen LogP contribution in [0.25, 0.3) is 6.08 Å². The topological polar surface area (TPSA) is 13.1 Å². The van der Waals surface area contributed by atoms with Crippen molar-refractivity contribution in [2.45, 2.75) is 0 Å². The monoisotopic (exact) mass is 170 g/mol. The lowest BCUT2D eigenvalue weighted by molar-refractivity contribution is 0.557. The normalized spacial score (nSPS) is 17.8. The maximum atomic E-state index is 5.20. The second-order valence-corrected chi connectivity index (χ2v) is 2.84. The molecule has 0 spiro atoms. The van der Waals surface area contributed by atoms with Crippen LogP contribution in [0.1, 0.15) is 5.76 Å². The molecule has 0 fully saturated rings. The Bertz CT molecular complexity index is 389. The van der Waals surface area contributed by atoms with E-state index in [2.05, 4.69) is 12.7 Å². The van der Waals surface area contributed by atoms with Crippen molar-refractivity contribution >= 4 is 6.08 Å². The number of furan rings is 1. The van der Waals surface area contributed by atoms with E-state index in [1.54, 1.807) is 6.26 Å². The summed E-state index contributed by atoms with van der Waals surface area (Å²) in [7, 11) is 0. The lowest BCUT2D eigenvalue weighted by atomic mass is 10.2. The Labute approximate surface area is 77.4 Å². The zero-order chi connectivity index (χ0) is 9.10. The molecule has 0 amide bonds. The molecule has 1 aromatic rings. The maximum Gasteiger partial charge on any atom is 0.127 e. The van der Waals surface area contributed by atoms with E-state index in [0.717, 1.165) is 16.9 Å². The molecule has 64 valence electrons. The van der Waals surface area contributed by atoms with Crippen LogP contribution in [-0.2, 0) is 0 Å². The summed E-state index contributed by atoms with van der Waals surface area (Å²) in [6.07, 6.45) is 11.6. The summed E-state index contributed by atoms with van der Waals surface area (Å²) in [5, 5.41) is 0. The third kappa shape index (κ3) is 1.70. The number of hydrogen-bond acceptors (Lipinski definition) is 1. The van der Waals surface area contributed by atoms with E-state index >= 15 is 0 Å². The quantitative estimate of drug-likeness (QED) is 0.663. The molecule has 0 aromatic carbocycles. The van der Waals surface area contributed by atoms with Crippen molar-refractivity contribution in [2.24, 2.45) is 0 Å². The van der Waals surface area contributed by atoms with Crippen LogP contribution in [0.15, 0.2) is 64.8 Å². The molecule has 13 heavy (non-hydrogen) atoms. The Balaban J connectivity index is 2.26. The molecule has 0 saturated heterocycles. The van der Waals surface area contributed by atoms with E-state index in [4.69, 9.17) is 4.42 Å². The number of rotatable bonds is 2. The fraction of sp³-hybridized carbons (Fsp3) is 0. The molecule has 0 unspecified atom stereocenters. The van der Waals surface area contributed by atoms with Crippen LogP contribution in [0.3, 0.4) is 0 Å². The average molecular weight is 170 g/mol. The Kier molecular flexibility index (Phi) is 2.01. The van der Waals surface area contributed by atoms with Crippen LogP contribution < -0.4 is 0 Å². The molecule has 1 heterocycles. The van der Waals surface area contributed by atoms with Gasteiger partial charge in [0.15, 0.2) is 0 Å². The first-order chi connectivity index (χ1) is 6.38. The van der Waals surface area contributed by atoms with Crippen molar-refractivity contribution < 1.29 is 4.42 Å². The highest BCUT2D eigenvalue weighted by atomic mass is 16.3. The summed E-state index contributed by atoms with van der Waals surface area (Å²) in [6.45, 7) is 3.70. The molecular weight excluding hydrogens is 160 g/mol. The lowest BCUT2D eigenvalue weighted by Crippen LogP contribution is -1.67. The molecule has 1 heteroatoms. The Morgan fingerprint density at radius 3 is 2.85 bits per heavy atom. The largest absolute Gasteiger partial charge is 0.465 e. The van der Waals surface area contributed by atoms with Crippen molar-refractivity contribution in [3.05, 3.63) is 66.2 Å². The fourth-order valence-electron chi connectivity index (χ4n) is 1.24. The second kappa shape index (κ2) is 3.31.